The maximum Gasteiger partial charge on any atom is 0.255 e. The van der Waals surface area contributed by atoms with Crippen LogP contribution in [0.25, 0.3) is 11.5 Å². The van der Waals surface area contributed by atoms with Crippen LogP contribution in [-0.2, 0) is 61.5 Å². The van der Waals surface area contributed by atoms with Crippen LogP contribution >= 0.6 is 0 Å². The first-order valence-corrected chi connectivity index (χ1v) is 25.5. The van der Waals surface area contributed by atoms with Gasteiger partial charge in [0.05, 0.1) is 29.7 Å². The van der Waals surface area contributed by atoms with Gasteiger partial charge in [-0.3, -0.25) is 28.8 Å². The number of benzene rings is 2. The molecule has 0 bridgehead atoms. The van der Waals surface area contributed by atoms with Gasteiger partial charge >= 0.3 is 0 Å². The van der Waals surface area contributed by atoms with E-state index in [0.717, 1.165) is 11.8 Å². The molecule has 0 radical (unpaired) electrons. The Morgan fingerprint density at radius 2 is 1.15 bits per heavy atom. The molecule has 71 heavy (non-hydrogen) atoms. The topological polar surface area (TPSA) is 397 Å². The Labute approximate surface area is 406 Å². The van der Waals surface area contributed by atoms with E-state index in [1.54, 1.807) is 6.07 Å². The highest BCUT2D eigenvalue weighted by atomic mass is 32.2. The molecule has 2 aromatic carbocycles. The standard InChI is InChI=1S/C23H22N2O9S.C20H19NO7.C5H8O2S/c1-35(33,34)25-6-2-3-10-4-5-14(26)17-13(10)8-11-7-12-9-15(27)18(22(24)31)21(30)23(12,32)20(29)16(11)19(17)28;1-7-2-3-11(22)14-10(7)5-8-4-9-6-12(23)15(19(21)27)18(26)20(9,28)17(25)13(8)16(14)24;1-3-4-5-8(2,6)7/h4-5,11-12,25-26,28,30,32H,6-9H2,1H3,(H2,24,31);2-3,8-9,22,24,26,28H,4-6H2,1H3,(H2,21,27);1H,4-5H2,2H3/t11-,12+,23+;8-,9+,20+;/m11./s1. The van der Waals surface area contributed by atoms with E-state index in [0.29, 0.717) is 29.5 Å². The number of carbonyl (C=O) groups is 6. The second-order valence-corrected chi connectivity index (χ2v) is 22.1. The van der Waals surface area contributed by atoms with Crippen molar-refractivity contribution in [3.63, 3.8) is 0 Å². The van der Waals surface area contributed by atoms with Gasteiger partial charge in [-0.1, -0.05) is 17.9 Å². The first-order chi connectivity index (χ1) is 32.9. The van der Waals surface area contributed by atoms with Gasteiger partial charge in [0.15, 0.2) is 22.8 Å². The molecule has 0 heterocycles. The average Bonchev–Trinajstić information content (AvgIpc) is 3.25. The van der Waals surface area contributed by atoms with E-state index in [1.807, 2.05) is 6.92 Å². The number of primary amides is 2. The van der Waals surface area contributed by atoms with Gasteiger partial charge in [0.1, 0.15) is 55.5 Å². The number of rotatable bonds is 6. The van der Waals surface area contributed by atoms with E-state index in [2.05, 4.69) is 22.5 Å². The van der Waals surface area contributed by atoms with Crippen molar-refractivity contribution in [2.45, 2.75) is 63.1 Å². The highest BCUT2D eigenvalue weighted by molar-refractivity contribution is 7.90. The molecule has 2 saturated carbocycles. The monoisotopic (exact) mass is 1020 g/mol. The SMILES string of the molecule is C#CCCS(C)(=O)=O.CS(=O)(=O)NCC#Cc1ccc(O)c2c1C[C@H]1C[C@H]3CC(=O)C(C(N)=O)=C(O)[C@@]3(O)C(=O)C1=C2O.Cc1ccc(O)c2c1C[C@H]1C[C@H]3CC(=O)C(C(N)=O)=C(O)[C@@]3(O)C(=O)C1=C2O. The summed E-state index contributed by atoms with van der Waals surface area (Å²) >= 11 is 0. The normalized spacial score (nSPS) is 25.5. The molecule has 2 amide bonds. The number of nitrogens with two attached hydrogens (primary N) is 2. The maximum atomic E-state index is 13.4. The lowest BCUT2D eigenvalue weighted by molar-refractivity contribution is -0.148. The Morgan fingerprint density at radius 3 is 1.56 bits per heavy atom. The third-order valence-electron chi connectivity index (χ3n) is 13.4. The molecule has 376 valence electrons. The van der Waals surface area contributed by atoms with Crippen LogP contribution in [0.5, 0.6) is 11.5 Å². The minimum absolute atomic E-state index is 0.00107. The van der Waals surface area contributed by atoms with Crippen LogP contribution in [0.1, 0.15) is 65.5 Å². The highest BCUT2D eigenvalue weighted by Gasteiger charge is 2.62. The van der Waals surface area contributed by atoms with Crippen LogP contribution in [0.4, 0.5) is 0 Å². The Kier molecular flexibility index (Phi) is 14.3. The summed E-state index contributed by atoms with van der Waals surface area (Å²) < 4.78 is 45.3. The molecule has 6 aliphatic carbocycles. The first-order valence-electron chi connectivity index (χ1n) is 21.6. The number of phenolic OH excluding ortho intramolecular Hbond substituents is 2. The van der Waals surface area contributed by atoms with E-state index in [-0.39, 0.29) is 71.8 Å². The minimum Gasteiger partial charge on any atom is -0.508 e. The zero-order valence-corrected chi connectivity index (χ0v) is 39.8. The highest BCUT2D eigenvalue weighted by Crippen LogP contribution is 2.54. The molecule has 0 aromatic heterocycles. The zero-order chi connectivity index (χ0) is 53.0. The number of aromatic hydroxyl groups is 2. The summed E-state index contributed by atoms with van der Waals surface area (Å²) in [6.07, 6.45) is 7.13. The van der Waals surface area contributed by atoms with Crippen molar-refractivity contribution in [3.8, 4) is 35.7 Å². The van der Waals surface area contributed by atoms with Gasteiger partial charge in [0.25, 0.3) is 11.8 Å². The molecule has 6 atom stereocenters. The molecule has 2 fully saturated rings. The number of aliphatic hydroxyl groups excluding tert-OH is 4. The summed E-state index contributed by atoms with van der Waals surface area (Å²) in [6, 6.07) is 5.83. The fraction of sp³-hybridized carbons (Fsp3) is 0.375. The number of Topliss-reactive ketones (excluding diaryl/α,β-unsaturated/α-hetero) is 4. The predicted octanol–water partition coefficient (Wildman–Crippen LogP) is 0.111. The quantitative estimate of drug-likeness (QED) is 0.135. The van der Waals surface area contributed by atoms with E-state index >= 15 is 0 Å². The number of phenols is 2. The van der Waals surface area contributed by atoms with Crippen LogP contribution in [0.2, 0.25) is 0 Å². The molecule has 21 nitrogen and oxygen atoms in total. The number of amides is 2. The number of hydrogen-bond acceptors (Lipinski definition) is 18. The van der Waals surface area contributed by atoms with Gasteiger partial charge in [0, 0.05) is 54.1 Å². The third kappa shape index (κ3) is 9.54. The lowest BCUT2D eigenvalue weighted by atomic mass is 9.59. The smallest absolute Gasteiger partial charge is 0.255 e. The number of aryl methyl sites for hydroxylation is 1. The molecule has 8 rings (SSSR count). The number of nitrogens with one attached hydrogen (secondary N) is 1. The summed E-state index contributed by atoms with van der Waals surface area (Å²) in [5.74, 6) is -5.38. The van der Waals surface area contributed by atoms with Crippen molar-refractivity contribution in [1.29, 1.82) is 0 Å². The molecule has 0 aliphatic heterocycles. The Balaban J connectivity index is 0.000000205. The van der Waals surface area contributed by atoms with E-state index in [9.17, 15) is 86.5 Å². The van der Waals surface area contributed by atoms with Gasteiger partial charge in [-0.2, -0.15) is 0 Å². The molecular weight excluding hydrogens is 971 g/mol. The number of hydrogen-bond donors (Lipinski definition) is 11. The summed E-state index contributed by atoms with van der Waals surface area (Å²) in [4.78, 5) is 74.5. The van der Waals surface area contributed by atoms with Gasteiger partial charge in [-0.05, 0) is 79.3 Å². The minimum atomic E-state index is -3.45. The number of sulfonamides is 1. The molecule has 0 saturated heterocycles. The summed E-state index contributed by atoms with van der Waals surface area (Å²) in [5, 5.41) is 85.7. The van der Waals surface area contributed by atoms with Crippen molar-refractivity contribution < 1.29 is 86.5 Å². The molecule has 0 unspecified atom stereocenters. The molecule has 6 aliphatic rings. The maximum absolute atomic E-state index is 13.4. The summed E-state index contributed by atoms with van der Waals surface area (Å²) in [5.41, 5.74) is 5.46. The summed E-state index contributed by atoms with van der Waals surface area (Å²) in [6.45, 7) is 1.64. The number of ketones is 4. The zero-order valence-electron chi connectivity index (χ0n) is 38.2. The molecule has 2 aromatic rings. The molecule has 13 N–H and O–H groups in total. The van der Waals surface area contributed by atoms with Crippen LogP contribution in [-0.4, -0.2) is 129 Å². The number of fused-ring (bicyclic) bond motifs is 6. The van der Waals surface area contributed by atoms with Crippen LogP contribution in [0, 0.1) is 54.8 Å². The number of sulfone groups is 1. The lowest BCUT2D eigenvalue weighted by Crippen LogP contribution is -2.58. The van der Waals surface area contributed by atoms with Gasteiger partial charge in [0.2, 0.25) is 21.6 Å². The third-order valence-corrected chi connectivity index (χ3v) is 15.0. The molecule has 23 heteroatoms. The van der Waals surface area contributed by atoms with E-state index in [4.69, 9.17) is 17.9 Å². The van der Waals surface area contributed by atoms with E-state index in [1.165, 1.54) is 24.5 Å². The Hall–Kier alpha value is -7.28. The second-order valence-electron chi connectivity index (χ2n) is 18.0. The second kappa shape index (κ2) is 19.1. The summed E-state index contributed by atoms with van der Waals surface area (Å²) in [7, 11) is -6.28. The van der Waals surface area contributed by atoms with Crippen LogP contribution in [0.3, 0.4) is 0 Å². The van der Waals surface area contributed by atoms with Crippen molar-refractivity contribution in [2.75, 3.05) is 24.8 Å². The van der Waals surface area contributed by atoms with Gasteiger partial charge in [-0.15, -0.1) is 12.3 Å². The first kappa shape index (κ1) is 53.1. The van der Waals surface area contributed by atoms with E-state index < -0.39 is 130 Å². The van der Waals surface area contributed by atoms with Crippen molar-refractivity contribution in [1.82, 2.24) is 4.72 Å². The molecular formula is C48H49N3O18S2. The van der Waals surface area contributed by atoms with Crippen molar-refractivity contribution in [2.24, 2.45) is 35.1 Å². The van der Waals surface area contributed by atoms with Crippen molar-refractivity contribution in [3.05, 3.63) is 91.5 Å². The predicted molar refractivity (Wildman–Crippen MR) is 250 cm³/mol. The average molecular weight is 1020 g/mol. The number of aliphatic hydroxyl groups is 6. The van der Waals surface area contributed by atoms with Crippen LogP contribution in [0.15, 0.2) is 58.1 Å². The Bertz CT molecular complexity index is 3240. The largest absolute Gasteiger partial charge is 0.508 e. The lowest BCUT2D eigenvalue weighted by Gasteiger charge is -2.46. The van der Waals surface area contributed by atoms with Gasteiger partial charge < -0.3 is 52.3 Å². The molecule has 0 spiro atoms. The van der Waals surface area contributed by atoms with Crippen LogP contribution < -0.4 is 16.2 Å². The fourth-order valence-electron chi connectivity index (χ4n) is 10.1. The number of carbonyl (C=O) groups excluding carboxylic acids is 6. The van der Waals surface area contributed by atoms with Crippen molar-refractivity contribution >= 4 is 66.3 Å². The van der Waals surface area contributed by atoms with Gasteiger partial charge in [-0.25, -0.2) is 21.6 Å². The number of terminal acetylenes is 1. The fourth-order valence-corrected chi connectivity index (χ4v) is 10.9. The Morgan fingerprint density at radius 1 is 0.718 bits per heavy atom.